The van der Waals surface area contributed by atoms with E-state index in [0.717, 1.165) is 4.88 Å². The van der Waals surface area contributed by atoms with E-state index in [1.807, 2.05) is 31.2 Å². The number of rotatable bonds is 6. The standard InChI is InChI=1S/C14H18N2O2S2/c1-2-16(12-6-4-3-5-7-12)20(17,18)14-9-8-13(19-14)10-11-15/h3-9H,2,10-11,15H2,1H3. The van der Waals surface area contributed by atoms with Gasteiger partial charge in [0.05, 0.1) is 5.69 Å². The molecule has 6 heteroatoms. The van der Waals surface area contributed by atoms with Crippen LogP contribution in [-0.2, 0) is 16.4 Å². The molecule has 4 nitrogen and oxygen atoms in total. The first kappa shape index (κ1) is 15.0. The Kier molecular flexibility index (Phi) is 4.80. The molecular formula is C14H18N2O2S2. The van der Waals surface area contributed by atoms with E-state index in [2.05, 4.69) is 0 Å². The average molecular weight is 310 g/mol. The minimum absolute atomic E-state index is 0.367. The van der Waals surface area contributed by atoms with Gasteiger partial charge in [-0.05, 0) is 44.2 Å². The first-order valence-electron chi connectivity index (χ1n) is 6.46. The molecule has 0 saturated heterocycles. The summed E-state index contributed by atoms with van der Waals surface area (Å²) in [5.41, 5.74) is 6.19. The fourth-order valence-electron chi connectivity index (χ4n) is 1.97. The summed E-state index contributed by atoms with van der Waals surface area (Å²) in [5, 5.41) is 0. The van der Waals surface area contributed by atoms with Gasteiger partial charge in [0.25, 0.3) is 10.0 Å². The summed E-state index contributed by atoms with van der Waals surface area (Å²) < 4.78 is 27.2. The topological polar surface area (TPSA) is 63.4 Å². The molecule has 0 unspecified atom stereocenters. The summed E-state index contributed by atoms with van der Waals surface area (Å²) >= 11 is 1.29. The van der Waals surface area contributed by atoms with Crippen LogP contribution in [0.15, 0.2) is 46.7 Å². The molecule has 0 bridgehead atoms. The molecule has 2 N–H and O–H groups in total. The number of hydrogen-bond donors (Lipinski definition) is 1. The number of anilines is 1. The zero-order chi connectivity index (χ0) is 14.6. The SMILES string of the molecule is CCN(c1ccccc1)S(=O)(=O)c1ccc(CCN)s1. The van der Waals surface area contributed by atoms with Crippen molar-refractivity contribution in [3.05, 3.63) is 47.3 Å². The Hall–Kier alpha value is -1.37. The predicted molar refractivity (Wildman–Crippen MR) is 83.7 cm³/mol. The fraction of sp³-hybridized carbons (Fsp3) is 0.286. The lowest BCUT2D eigenvalue weighted by molar-refractivity contribution is 0.594. The van der Waals surface area contributed by atoms with Crippen LogP contribution in [0.3, 0.4) is 0 Å². The highest BCUT2D eigenvalue weighted by Gasteiger charge is 2.25. The highest BCUT2D eigenvalue weighted by atomic mass is 32.2. The second-order valence-electron chi connectivity index (χ2n) is 4.26. The van der Waals surface area contributed by atoms with E-state index in [0.29, 0.717) is 29.4 Å². The van der Waals surface area contributed by atoms with Gasteiger partial charge in [0.1, 0.15) is 4.21 Å². The Morgan fingerprint density at radius 2 is 1.85 bits per heavy atom. The normalized spacial score (nSPS) is 11.5. The summed E-state index contributed by atoms with van der Waals surface area (Å²) in [6.45, 7) is 2.76. The number of para-hydroxylation sites is 1. The number of sulfonamides is 1. The van der Waals surface area contributed by atoms with E-state index in [-0.39, 0.29) is 0 Å². The van der Waals surface area contributed by atoms with E-state index < -0.39 is 10.0 Å². The van der Waals surface area contributed by atoms with E-state index in [1.165, 1.54) is 15.6 Å². The molecule has 0 atom stereocenters. The summed E-state index contributed by atoms with van der Waals surface area (Å²) in [7, 11) is -3.49. The molecule has 0 spiro atoms. The molecule has 0 aliphatic carbocycles. The molecule has 1 heterocycles. The molecule has 2 rings (SSSR count). The van der Waals surface area contributed by atoms with Crippen LogP contribution in [0.5, 0.6) is 0 Å². The Morgan fingerprint density at radius 3 is 2.45 bits per heavy atom. The molecule has 0 radical (unpaired) electrons. The summed E-state index contributed by atoms with van der Waals surface area (Å²) in [6.07, 6.45) is 0.706. The number of hydrogen-bond acceptors (Lipinski definition) is 4. The van der Waals surface area contributed by atoms with E-state index in [1.54, 1.807) is 18.2 Å². The lowest BCUT2D eigenvalue weighted by Gasteiger charge is -2.21. The molecule has 1 aromatic heterocycles. The molecule has 108 valence electrons. The van der Waals surface area contributed by atoms with Crippen LogP contribution in [0.2, 0.25) is 0 Å². The highest BCUT2D eigenvalue weighted by Crippen LogP contribution is 2.28. The quantitative estimate of drug-likeness (QED) is 0.891. The van der Waals surface area contributed by atoms with Crippen LogP contribution in [0.1, 0.15) is 11.8 Å². The van der Waals surface area contributed by atoms with Gasteiger partial charge in [0.15, 0.2) is 0 Å². The fourth-order valence-corrected chi connectivity index (χ4v) is 4.93. The van der Waals surface area contributed by atoms with Crippen LogP contribution < -0.4 is 10.0 Å². The summed E-state index contributed by atoms with van der Waals surface area (Å²) in [6, 6.07) is 12.6. The van der Waals surface area contributed by atoms with Gasteiger partial charge in [-0.1, -0.05) is 18.2 Å². The van der Waals surface area contributed by atoms with E-state index in [9.17, 15) is 8.42 Å². The molecule has 20 heavy (non-hydrogen) atoms. The van der Waals surface area contributed by atoms with Crippen molar-refractivity contribution in [1.82, 2.24) is 0 Å². The second kappa shape index (κ2) is 6.39. The lowest BCUT2D eigenvalue weighted by atomic mass is 10.3. The molecular weight excluding hydrogens is 292 g/mol. The molecule has 1 aromatic carbocycles. The Morgan fingerprint density at radius 1 is 1.15 bits per heavy atom. The Balaban J connectivity index is 2.36. The first-order valence-corrected chi connectivity index (χ1v) is 8.71. The zero-order valence-electron chi connectivity index (χ0n) is 11.3. The number of nitrogens with two attached hydrogens (primary N) is 1. The molecule has 2 aromatic rings. The number of nitrogens with zero attached hydrogens (tertiary/aromatic N) is 1. The maximum absolute atomic E-state index is 12.7. The van der Waals surface area contributed by atoms with Gasteiger partial charge in [-0.3, -0.25) is 4.31 Å². The third-order valence-corrected chi connectivity index (χ3v) is 6.42. The predicted octanol–water partition coefficient (Wildman–Crippen LogP) is 2.46. The van der Waals surface area contributed by atoms with Crippen molar-refractivity contribution in [2.75, 3.05) is 17.4 Å². The number of benzene rings is 1. The minimum atomic E-state index is -3.49. The van der Waals surface area contributed by atoms with Crippen molar-refractivity contribution in [2.45, 2.75) is 17.6 Å². The Bertz CT molecular complexity index is 651. The summed E-state index contributed by atoms with van der Waals surface area (Å²) in [5.74, 6) is 0. The molecule has 0 saturated carbocycles. The second-order valence-corrected chi connectivity index (χ2v) is 7.52. The largest absolute Gasteiger partial charge is 0.330 e. The third kappa shape index (κ3) is 3.03. The Labute approximate surface area is 123 Å². The van der Waals surface area contributed by atoms with Crippen LogP contribution in [0.4, 0.5) is 5.69 Å². The van der Waals surface area contributed by atoms with Crippen LogP contribution >= 0.6 is 11.3 Å². The van der Waals surface area contributed by atoms with Crippen molar-refractivity contribution < 1.29 is 8.42 Å². The van der Waals surface area contributed by atoms with Gasteiger partial charge in [-0.2, -0.15) is 0 Å². The maximum Gasteiger partial charge on any atom is 0.273 e. The monoisotopic (exact) mass is 310 g/mol. The van der Waals surface area contributed by atoms with Gasteiger partial charge >= 0.3 is 0 Å². The van der Waals surface area contributed by atoms with Crippen molar-refractivity contribution in [1.29, 1.82) is 0 Å². The van der Waals surface area contributed by atoms with Crippen LogP contribution in [0, 0.1) is 0 Å². The zero-order valence-corrected chi connectivity index (χ0v) is 13.0. The molecule has 0 aliphatic heterocycles. The van der Waals surface area contributed by atoms with Gasteiger partial charge in [0, 0.05) is 11.4 Å². The van der Waals surface area contributed by atoms with E-state index >= 15 is 0 Å². The highest BCUT2D eigenvalue weighted by molar-refractivity contribution is 7.94. The van der Waals surface area contributed by atoms with Crippen molar-refractivity contribution in [3.63, 3.8) is 0 Å². The van der Waals surface area contributed by atoms with Gasteiger partial charge in [-0.15, -0.1) is 11.3 Å². The molecule has 0 aliphatic rings. The van der Waals surface area contributed by atoms with Gasteiger partial charge in [0.2, 0.25) is 0 Å². The smallest absolute Gasteiger partial charge is 0.273 e. The third-order valence-electron chi connectivity index (χ3n) is 2.90. The first-order chi connectivity index (χ1) is 9.59. The van der Waals surface area contributed by atoms with Crippen molar-refractivity contribution in [2.24, 2.45) is 5.73 Å². The summed E-state index contributed by atoms with van der Waals surface area (Å²) in [4.78, 5) is 0.996. The van der Waals surface area contributed by atoms with E-state index in [4.69, 9.17) is 5.73 Å². The average Bonchev–Trinajstić information content (AvgIpc) is 2.90. The van der Waals surface area contributed by atoms with Crippen molar-refractivity contribution >= 4 is 27.0 Å². The van der Waals surface area contributed by atoms with Gasteiger partial charge < -0.3 is 5.73 Å². The lowest BCUT2D eigenvalue weighted by Crippen LogP contribution is -2.30. The van der Waals surface area contributed by atoms with Crippen molar-refractivity contribution in [3.8, 4) is 0 Å². The molecule has 0 fully saturated rings. The number of thiophene rings is 1. The molecule has 0 amide bonds. The van der Waals surface area contributed by atoms with Crippen LogP contribution in [-0.4, -0.2) is 21.5 Å². The minimum Gasteiger partial charge on any atom is -0.330 e. The van der Waals surface area contributed by atoms with Gasteiger partial charge in [-0.25, -0.2) is 8.42 Å². The van der Waals surface area contributed by atoms with Crippen LogP contribution in [0.25, 0.3) is 0 Å². The maximum atomic E-state index is 12.7.